The van der Waals surface area contributed by atoms with Crippen molar-refractivity contribution in [2.24, 2.45) is 0 Å². The molecule has 34 heavy (non-hydrogen) atoms. The summed E-state index contributed by atoms with van der Waals surface area (Å²) in [6.45, 7) is 8.13. The summed E-state index contributed by atoms with van der Waals surface area (Å²) in [5.74, 6) is 0.561. The molecule has 4 aromatic rings. The summed E-state index contributed by atoms with van der Waals surface area (Å²) in [6, 6.07) is 20.1. The van der Waals surface area contributed by atoms with Gasteiger partial charge in [0.2, 0.25) is 0 Å². The normalized spacial score (nSPS) is 18.9. The van der Waals surface area contributed by atoms with Crippen molar-refractivity contribution in [3.8, 4) is 11.4 Å². The summed E-state index contributed by atoms with van der Waals surface area (Å²) < 4.78 is 15.1. The lowest BCUT2D eigenvalue weighted by Gasteiger charge is -2.38. The SMILES string of the molecule is CC1COC[C@H](C)N1CCn1ncc2cc(-n3ccc(OCc4ccccc4)cc3=O)ccc21. The lowest BCUT2D eigenvalue weighted by Crippen LogP contribution is -2.50. The van der Waals surface area contributed by atoms with Gasteiger partial charge in [-0.2, -0.15) is 5.10 Å². The van der Waals surface area contributed by atoms with Gasteiger partial charge in [0, 0.05) is 42.0 Å². The maximum atomic E-state index is 12.8. The molecule has 2 aromatic carbocycles. The van der Waals surface area contributed by atoms with Crippen molar-refractivity contribution < 1.29 is 9.47 Å². The molecule has 1 aliphatic heterocycles. The van der Waals surface area contributed by atoms with E-state index in [1.165, 1.54) is 6.07 Å². The molecule has 0 saturated carbocycles. The third-order valence-corrected chi connectivity index (χ3v) is 6.46. The van der Waals surface area contributed by atoms with Gasteiger partial charge in [-0.05, 0) is 43.7 Å². The molecule has 0 N–H and O–H groups in total. The van der Waals surface area contributed by atoms with E-state index in [9.17, 15) is 4.79 Å². The largest absolute Gasteiger partial charge is 0.489 e. The molecule has 7 heteroatoms. The van der Waals surface area contributed by atoms with Crippen molar-refractivity contribution >= 4 is 10.9 Å². The Morgan fingerprint density at radius 3 is 2.56 bits per heavy atom. The van der Waals surface area contributed by atoms with Crippen LogP contribution in [0.1, 0.15) is 19.4 Å². The average molecular weight is 459 g/mol. The second kappa shape index (κ2) is 9.83. The van der Waals surface area contributed by atoms with Crippen LogP contribution in [0.5, 0.6) is 5.75 Å². The maximum Gasteiger partial charge on any atom is 0.258 e. The lowest BCUT2D eigenvalue weighted by atomic mass is 10.2. The van der Waals surface area contributed by atoms with Crippen molar-refractivity contribution in [3.63, 3.8) is 0 Å². The molecule has 2 atom stereocenters. The molecule has 0 spiro atoms. The molecule has 0 bridgehead atoms. The Bertz CT molecular complexity index is 1300. The van der Waals surface area contributed by atoms with Crippen LogP contribution >= 0.6 is 0 Å². The Labute approximate surface area is 199 Å². The van der Waals surface area contributed by atoms with E-state index >= 15 is 0 Å². The average Bonchev–Trinajstić information content (AvgIpc) is 3.25. The Balaban J connectivity index is 1.29. The summed E-state index contributed by atoms with van der Waals surface area (Å²) >= 11 is 0. The Kier molecular flexibility index (Phi) is 6.47. The third-order valence-electron chi connectivity index (χ3n) is 6.46. The summed E-state index contributed by atoms with van der Waals surface area (Å²) in [4.78, 5) is 15.3. The highest BCUT2D eigenvalue weighted by Gasteiger charge is 2.25. The van der Waals surface area contributed by atoms with Crippen LogP contribution in [0.2, 0.25) is 0 Å². The van der Waals surface area contributed by atoms with E-state index < -0.39 is 0 Å². The van der Waals surface area contributed by atoms with Gasteiger partial charge in [-0.3, -0.25) is 18.9 Å². The van der Waals surface area contributed by atoms with Crippen LogP contribution in [0.4, 0.5) is 0 Å². The van der Waals surface area contributed by atoms with Gasteiger partial charge in [0.1, 0.15) is 12.4 Å². The number of hydrogen-bond acceptors (Lipinski definition) is 5. The van der Waals surface area contributed by atoms with Crippen LogP contribution < -0.4 is 10.3 Å². The molecule has 0 amide bonds. The van der Waals surface area contributed by atoms with E-state index in [0.29, 0.717) is 24.4 Å². The quantitative estimate of drug-likeness (QED) is 0.421. The molecule has 176 valence electrons. The maximum absolute atomic E-state index is 12.8. The lowest BCUT2D eigenvalue weighted by molar-refractivity contribution is -0.0380. The number of morpholine rings is 1. The predicted octanol–water partition coefficient (Wildman–Crippen LogP) is 3.88. The molecule has 7 nitrogen and oxygen atoms in total. The topological polar surface area (TPSA) is 61.5 Å². The summed E-state index contributed by atoms with van der Waals surface area (Å²) in [5, 5.41) is 5.62. The van der Waals surface area contributed by atoms with Gasteiger partial charge in [-0.15, -0.1) is 0 Å². The first kappa shape index (κ1) is 22.4. The first-order chi connectivity index (χ1) is 16.6. The Hall–Kier alpha value is -3.42. The summed E-state index contributed by atoms with van der Waals surface area (Å²) in [7, 11) is 0. The minimum Gasteiger partial charge on any atom is -0.489 e. The zero-order valence-electron chi connectivity index (χ0n) is 19.6. The third kappa shape index (κ3) is 4.76. The number of rotatable bonds is 7. The second-order valence-corrected chi connectivity index (χ2v) is 8.93. The number of nitrogens with zero attached hydrogens (tertiary/aromatic N) is 4. The Morgan fingerprint density at radius 2 is 1.79 bits per heavy atom. The minimum absolute atomic E-state index is 0.132. The standard InChI is InChI=1S/C27H30N4O3/c1-20-17-33-18-21(2)29(20)12-13-31-26-9-8-24(14-23(26)16-28-31)30-11-10-25(15-27(30)32)34-19-22-6-4-3-5-7-22/h3-11,14-16,20-21H,12-13,17-19H2,1-2H3/t20-,21?/m0/s1. The van der Waals surface area contributed by atoms with Gasteiger partial charge >= 0.3 is 0 Å². The number of ether oxygens (including phenoxy) is 2. The van der Waals surface area contributed by atoms with Crippen LogP contribution in [-0.2, 0) is 17.9 Å². The highest BCUT2D eigenvalue weighted by Crippen LogP contribution is 2.20. The smallest absolute Gasteiger partial charge is 0.258 e. The van der Waals surface area contributed by atoms with E-state index in [1.54, 1.807) is 10.8 Å². The molecular formula is C27H30N4O3. The molecule has 1 saturated heterocycles. The van der Waals surface area contributed by atoms with Crippen LogP contribution in [-0.4, -0.2) is 51.1 Å². The molecule has 1 aliphatic rings. The predicted molar refractivity (Wildman–Crippen MR) is 133 cm³/mol. The van der Waals surface area contributed by atoms with Crippen LogP contribution in [0, 0.1) is 0 Å². The van der Waals surface area contributed by atoms with E-state index in [2.05, 4.69) is 23.8 Å². The number of benzene rings is 2. The van der Waals surface area contributed by atoms with Crippen molar-refractivity contribution in [1.82, 2.24) is 19.2 Å². The van der Waals surface area contributed by atoms with Crippen LogP contribution in [0.3, 0.4) is 0 Å². The number of hydrogen-bond donors (Lipinski definition) is 0. The molecule has 2 aromatic heterocycles. The molecule has 1 unspecified atom stereocenters. The molecule has 3 heterocycles. The minimum atomic E-state index is -0.132. The molecule has 0 radical (unpaired) electrons. The summed E-state index contributed by atoms with van der Waals surface area (Å²) in [5.41, 5.74) is 2.80. The number of pyridine rings is 1. The zero-order chi connectivity index (χ0) is 23.5. The van der Waals surface area contributed by atoms with Crippen molar-refractivity contribution in [3.05, 3.63) is 89.0 Å². The van der Waals surface area contributed by atoms with Gasteiger partial charge in [0.25, 0.3) is 5.56 Å². The van der Waals surface area contributed by atoms with Crippen LogP contribution in [0.25, 0.3) is 16.6 Å². The van der Waals surface area contributed by atoms with Gasteiger partial charge in [0.05, 0.1) is 31.5 Å². The molecule has 1 fully saturated rings. The van der Waals surface area contributed by atoms with E-state index in [0.717, 1.165) is 48.5 Å². The van der Waals surface area contributed by atoms with E-state index in [-0.39, 0.29) is 5.56 Å². The zero-order valence-corrected chi connectivity index (χ0v) is 19.6. The second-order valence-electron chi connectivity index (χ2n) is 8.93. The fourth-order valence-corrected chi connectivity index (χ4v) is 4.59. The molecule has 5 rings (SSSR count). The highest BCUT2D eigenvalue weighted by molar-refractivity contribution is 5.80. The van der Waals surface area contributed by atoms with Gasteiger partial charge in [0.15, 0.2) is 0 Å². The fourth-order valence-electron chi connectivity index (χ4n) is 4.59. The number of fused-ring (bicyclic) bond motifs is 1. The van der Waals surface area contributed by atoms with Gasteiger partial charge < -0.3 is 9.47 Å². The van der Waals surface area contributed by atoms with E-state index in [4.69, 9.17) is 9.47 Å². The number of aromatic nitrogens is 3. The molecular weight excluding hydrogens is 428 g/mol. The summed E-state index contributed by atoms with van der Waals surface area (Å²) in [6.07, 6.45) is 3.63. The van der Waals surface area contributed by atoms with Crippen molar-refractivity contribution in [1.29, 1.82) is 0 Å². The first-order valence-corrected chi connectivity index (χ1v) is 11.8. The van der Waals surface area contributed by atoms with Gasteiger partial charge in [-0.25, -0.2) is 0 Å². The van der Waals surface area contributed by atoms with E-state index in [1.807, 2.05) is 65.5 Å². The Morgan fingerprint density at radius 1 is 1.00 bits per heavy atom. The highest BCUT2D eigenvalue weighted by atomic mass is 16.5. The van der Waals surface area contributed by atoms with Crippen LogP contribution in [0.15, 0.2) is 77.9 Å². The van der Waals surface area contributed by atoms with Crippen molar-refractivity contribution in [2.75, 3.05) is 19.8 Å². The molecule has 0 aliphatic carbocycles. The van der Waals surface area contributed by atoms with Crippen molar-refractivity contribution in [2.45, 2.75) is 39.1 Å². The fraction of sp³-hybridized carbons (Fsp3) is 0.333. The first-order valence-electron chi connectivity index (χ1n) is 11.8. The van der Waals surface area contributed by atoms with Gasteiger partial charge in [-0.1, -0.05) is 30.3 Å². The monoisotopic (exact) mass is 458 g/mol.